The van der Waals surface area contributed by atoms with Gasteiger partial charge in [0, 0.05) is 50.3 Å². The molecule has 5 rings (SSSR count). The van der Waals surface area contributed by atoms with E-state index in [4.69, 9.17) is 28.9 Å². The van der Waals surface area contributed by atoms with E-state index in [9.17, 15) is 25.1 Å². The van der Waals surface area contributed by atoms with Gasteiger partial charge in [0.25, 0.3) is 5.69 Å². The molecule has 1 amide bonds. The van der Waals surface area contributed by atoms with Gasteiger partial charge in [-0.15, -0.1) is 6.58 Å². The van der Waals surface area contributed by atoms with Crippen molar-refractivity contribution in [1.82, 2.24) is 4.90 Å². The number of methoxy groups -OCH3 is 1. The molecule has 2 aromatic carbocycles. The molecule has 286 valence electrons. The Balaban J connectivity index is 1.71. The lowest BCUT2D eigenvalue weighted by Gasteiger charge is -2.59. The predicted octanol–water partition coefficient (Wildman–Crippen LogP) is 6.69. The van der Waals surface area contributed by atoms with Crippen molar-refractivity contribution in [2.75, 3.05) is 40.6 Å². The number of fused-ring (bicyclic) bond motifs is 2. The molecule has 6 atom stereocenters. The number of amides is 1. The topological polar surface area (TPSA) is 162 Å². The number of non-ortho nitro benzene ring substituents is 1. The highest BCUT2D eigenvalue weighted by Gasteiger charge is 2.65. The number of unbranched alkanes of at least 4 members (excludes halogenated alkanes) is 2. The van der Waals surface area contributed by atoms with Crippen LogP contribution >= 0.6 is 0 Å². The van der Waals surface area contributed by atoms with Gasteiger partial charge in [-0.25, -0.2) is 4.79 Å². The highest BCUT2D eigenvalue weighted by atomic mass is 16.7. The van der Waals surface area contributed by atoms with Crippen LogP contribution in [0.2, 0.25) is 0 Å². The lowest BCUT2D eigenvalue weighted by Crippen LogP contribution is -2.69. The number of likely N-dealkylation sites (N-methyl/N-ethyl adjacent to an activating group) is 1. The van der Waals surface area contributed by atoms with E-state index in [1.165, 1.54) is 24.1 Å². The third-order valence-electron chi connectivity index (χ3n) is 10.5. The smallest absolute Gasteiger partial charge is 0.409 e. The first kappa shape index (κ1) is 39.5. The number of hydrogen-bond donors (Lipinski definition) is 2. The van der Waals surface area contributed by atoms with E-state index in [1.807, 2.05) is 18.2 Å². The summed E-state index contributed by atoms with van der Waals surface area (Å²) in [5.41, 5.74) is 3.12. The first-order valence-corrected chi connectivity index (χ1v) is 18.2. The summed E-state index contributed by atoms with van der Waals surface area (Å²) in [5.74, 6) is -0.690. The highest BCUT2D eigenvalue weighted by molar-refractivity contribution is 6.02. The van der Waals surface area contributed by atoms with E-state index in [0.717, 1.165) is 36.8 Å². The number of nitro groups is 1. The van der Waals surface area contributed by atoms with Gasteiger partial charge in [0.2, 0.25) is 5.79 Å². The van der Waals surface area contributed by atoms with Gasteiger partial charge in [-0.05, 0) is 79.0 Å². The van der Waals surface area contributed by atoms with Crippen LogP contribution < -0.4 is 9.47 Å². The summed E-state index contributed by atoms with van der Waals surface area (Å²) in [6, 6.07) is 11.1. The van der Waals surface area contributed by atoms with Gasteiger partial charge >= 0.3 is 6.09 Å². The van der Waals surface area contributed by atoms with Crippen LogP contribution in [0.15, 0.2) is 84.6 Å². The molecule has 1 fully saturated rings. The Kier molecular flexibility index (Phi) is 13.7. The van der Waals surface area contributed by atoms with E-state index in [-0.39, 0.29) is 56.3 Å². The van der Waals surface area contributed by atoms with Gasteiger partial charge in [0.15, 0.2) is 0 Å². The fourth-order valence-electron chi connectivity index (χ4n) is 8.14. The second-order valence-corrected chi connectivity index (χ2v) is 13.7. The van der Waals surface area contributed by atoms with Gasteiger partial charge in [0.1, 0.15) is 30.8 Å². The fraction of sp³-hybridized carbons (Fsp3) is 0.500. The molecular formula is C40H51N3O10. The van der Waals surface area contributed by atoms with Gasteiger partial charge in [0.05, 0.1) is 30.3 Å². The normalized spacial score (nSPS) is 24.9. The Labute approximate surface area is 310 Å². The molecule has 0 bridgehead atoms. The van der Waals surface area contributed by atoms with E-state index in [0.29, 0.717) is 42.2 Å². The largest absolute Gasteiger partial charge is 0.490 e. The van der Waals surface area contributed by atoms with E-state index >= 15 is 0 Å². The summed E-state index contributed by atoms with van der Waals surface area (Å²) in [6.07, 6.45) is 9.73. The quantitative estimate of drug-likeness (QED) is 0.0689. The summed E-state index contributed by atoms with van der Waals surface area (Å²) in [7, 11) is 2.98. The van der Waals surface area contributed by atoms with Crippen molar-refractivity contribution in [3.8, 4) is 11.5 Å². The second kappa shape index (κ2) is 18.4. The van der Waals surface area contributed by atoms with Gasteiger partial charge in [-0.1, -0.05) is 42.8 Å². The van der Waals surface area contributed by atoms with Crippen molar-refractivity contribution >= 4 is 17.5 Å². The van der Waals surface area contributed by atoms with Crippen LogP contribution in [-0.4, -0.2) is 84.3 Å². The van der Waals surface area contributed by atoms with Crippen molar-refractivity contribution in [3.63, 3.8) is 0 Å². The third kappa shape index (κ3) is 8.58. The van der Waals surface area contributed by atoms with Crippen molar-refractivity contribution in [2.24, 2.45) is 22.9 Å². The van der Waals surface area contributed by atoms with Crippen molar-refractivity contribution < 1.29 is 43.7 Å². The summed E-state index contributed by atoms with van der Waals surface area (Å²) < 4.78 is 25.1. The number of ether oxygens (including phenoxy) is 4. The number of benzene rings is 2. The monoisotopic (exact) mass is 733 g/mol. The lowest BCUT2D eigenvalue weighted by atomic mass is 9.55. The molecule has 0 spiro atoms. The van der Waals surface area contributed by atoms with Crippen LogP contribution in [-0.2, 0) is 20.9 Å². The molecule has 2 aromatic rings. The molecule has 6 unspecified atom stereocenters. The summed E-state index contributed by atoms with van der Waals surface area (Å²) in [5, 5.41) is 35.4. The second-order valence-electron chi connectivity index (χ2n) is 13.7. The van der Waals surface area contributed by atoms with Gasteiger partial charge in [-0.2, -0.15) is 0 Å². The van der Waals surface area contributed by atoms with Gasteiger partial charge < -0.3 is 38.9 Å². The molecule has 53 heavy (non-hydrogen) atoms. The molecule has 0 saturated heterocycles. The van der Waals surface area contributed by atoms with Crippen LogP contribution in [0, 0.1) is 27.9 Å². The Hall–Kier alpha value is -4.72. The molecule has 1 saturated carbocycles. The van der Waals surface area contributed by atoms with Gasteiger partial charge in [-0.3, -0.25) is 10.1 Å². The first-order valence-electron chi connectivity index (χ1n) is 18.2. The average molecular weight is 734 g/mol. The number of nitrogens with zero attached hydrogens (tertiary/aromatic N) is 3. The summed E-state index contributed by atoms with van der Waals surface area (Å²) in [6.45, 7) is 8.42. The third-order valence-corrected chi connectivity index (χ3v) is 10.5. The fourth-order valence-corrected chi connectivity index (χ4v) is 8.14. The zero-order valence-electron chi connectivity index (χ0n) is 30.6. The molecule has 2 N–H and O–H groups in total. The highest BCUT2D eigenvalue weighted by Crippen LogP contribution is 2.61. The Morgan fingerprint density at radius 1 is 1.08 bits per heavy atom. The number of carbonyl (C=O) groups excluding carboxylic acids is 1. The maximum absolute atomic E-state index is 13.3. The SMILES string of the molecule is C=CCOc1ccc2c(c1)C1C(CCCCO)C(CCCCO)C=C3C(=NOCc4ccc([N+](=O)[O-])cc4)CC(N(C)C(=O)OC)C(OCC=C)(O2)C31. The number of hydrogen-bond acceptors (Lipinski definition) is 11. The standard InChI is InChI=1S/C40H51N3O10/c1-5-21-50-30-17-18-35-33(24-30)37-31(12-8-10-20-45)28(11-7-9-19-44)23-32-34(41-52-26-27-13-15-29(16-14-27)43(47)48)25-36(42(3)39(46)49-4)40(53-35,38(32)37)51-22-6-2/h5-6,13-18,23-24,28,31,36-38,44-45H,1-2,7-12,19-22,25-26H2,3-4H3. The Morgan fingerprint density at radius 3 is 2.45 bits per heavy atom. The Morgan fingerprint density at radius 2 is 1.79 bits per heavy atom. The number of carbonyl (C=O) groups is 1. The van der Waals surface area contributed by atoms with Crippen molar-refractivity contribution in [2.45, 2.75) is 69.3 Å². The average Bonchev–Trinajstić information content (AvgIpc) is 3.17. The molecular weight excluding hydrogens is 682 g/mol. The minimum Gasteiger partial charge on any atom is -0.490 e. The molecule has 13 heteroatoms. The molecule has 3 aliphatic rings. The minimum absolute atomic E-state index is 0.0216. The van der Waals surface area contributed by atoms with Crippen molar-refractivity contribution in [3.05, 3.63) is 101 Å². The minimum atomic E-state index is -1.40. The number of rotatable bonds is 19. The lowest BCUT2D eigenvalue weighted by molar-refractivity contribution is -0.384. The van der Waals surface area contributed by atoms with E-state index < -0.39 is 28.8 Å². The summed E-state index contributed by atoms with van der Waals surface area (Å²) in [4.78, 5) is 31.5. The first-order chi connectivity index (χ1) is 25.7. The van der Waals surface area contributed by atoms with Crippen LogP contribution in [0.25, 0.3) is 0 Å². The number of oxime groups is 1. The molecule has 1 heterocycles. The molecule has 1 aliphatic heterocycles. The molecule has 13 nitrogen and oxygen atoms in total. The zero-order chi connectivity index (χ0) is 38.0. The number of allylic oxidation sites excluding steroid dienone is 1. The predicted molar refractivity (Wildman–Crippen MR) is 199 cm³/mol. The van der Waals surface area contributed by atoms with E-state index in [1.54, 1.807) is 31.3 Å². The molecule has 2 aliphatic carbocycles. The maximum atomic E-state index is 13.3. The van der Waals surface area contributed by atoms with Crippen molar-refractivity contribution in [1.29, 1.82) is 0 Å². The Bertz CT molecular complexity index is 1660. The molecule has 0 radical (unpaired) electrons. The van der Waals surface area contributed by atoms with Crippen LogP contribution in [0.1, 0.15) is 62.0 Å². The van der Waals surface area contributed by atoms with Crippen LogP contribution in [0.4, 0.5) is 10.5 Å². The zero-order valence-corrected chi connectivity index (χ0v) is 30.6. The number of nitro benzene ring substituents is 1. The van der Waals surface area contributed by atoms with E-state index in [2.05, 4.69) is 19.2 Å². The number of aliphatic hydroxyl groups excluding tert-OH is 2. The molecule has 0 aromatic heterocycles. The van der Waals surface area contributed by atoms with Crippen LogP contribution in [0.3, 0.4) is 0 Å². The maximum Gasteiger partial charge on any atom is 0.409 e. The summed E-state index contributed by atoms with van der Waals surface area (Å²) >= 11 is 0. The van der Waals surface area contributed by atoms with Crippen LogP contribution in [0.5, 0.6) is 11.5 Å². The number of aliphatic hydroxyl groups is 2.